The zero-order valence-corrected chi connectivity index (χ0v) is 13.6. The first kappa shape index (κ1) is 15.1. The Balaban J connectivity index is 1.52. The second-order valence-corrected chi connectivity index (χ2v) is 6.59. The summed E-state index contributed by atoms with van der Waals surface area (Å²) in [5.41, 5.74) is 1.19. The number of para-hydroxylation sites is 1. The van der Waals surface area contributed by atoms with E-state index in [2.05, 4.69) is 34.2 Å². The van der Waals surface area contributed by atoms with Crippen molar-refractivity contribution in [1.82, 2.24) is 10.2 Å². The van der Waals surface area contributed by atoms with E-state index in [1.54, 1.807) is 0 Å². The fourth-order valence-electron chi connectivity index (χ4n) is 3.60. The van der Waals surface area contributed by atoms with Gasteiger partial charge in [0.2, 0.25) is 0 Å². The molecule has 0 aromatic heterocycles. The highest BCUT2D eigenvalue weighted by molar-refractivity contribution is 6.33. The lowest BCUT2D eigenvalue weighted by Crippen LogP contribution is -2.57. The highest BCUT2D eigenvalue weighted by atomic mass is 35.5. The summed E-state index contributed by atoms with van der Waals surface area (Å²) in [6.07, 6.45) is 2.77. The molecule has 1 heterocycles. The van der Waals surface area contributed by atoms with Crippen LogP contribution in [0.25, 0.3) is 0 Å². The predicted molar refractivity (Wildman–Crippen MR) is 90.3 cm³/mol. The lowest BCUT2D eigenvalue weighted by molar-refractivity contribution is 0.0575. The van der Waals surface area contributed by atoms with Gasteiger partial charge in [-0.1, -0.05) is 30.7 Å². The maximum absolute atomic E-state index is 6.31. The van der Waals surface area contributed by atoms with E-state index in [0.29, 0.717) is 0 Å². The largest absolute Gasteiger partial charge is 0.368 e. The van der Waals surface area contributed by atoms with Gasteiger partial charge in [0.1, 0.15) is 0 Å². The van der Waals surface area contributed by atoms with Crippen LogP contribution in [0.15, 0.2) is 24.3 Å². The third kappa shape index (κ3) is 3.36. The van der Waals surface area contributed by atoms with E-state index in [1.807, 2.05) is 12.1 Å². The van der Waals surface area contributed by atoms with E-state index in [1.165, 1.54) is 38.2 Å². The highest BCUT2D eigenvalue weighted by Gasteiger charge is 2.36. The number of rotatable bonds is 5. The van der Waals surface area contributed by atoms with E-state index in [0.717, 1.165) is 36.6 Å². The molecule has 1 aromatic carbocycles. The highest BCUT2D eigenvalue weighted by Crippen LogP contribution is 2.33. The van der Waals surface area contributed by atoms with E-state index >= 15 is 0 Å². The Hall–Kier alpha value is -0.770. The van der Waals surface area contributed by atoms with Crippen LogP contribution < -0.4 is 10.2 Å². The van der Waals surface area contributed by atoms with E-state index < -0.39 is 0 Å². The molecule has 1 aliphatic carbocycles. The van der Waals surface area contributed by atoms with Gasteiger partial charge in [-0.25, -0.2) is 0 Å². The summed E-state index contributed by atoms with van der Waals surface area (Å²) in [7, 11) is 0. The quantitative estimate of drug-likeness (QED) is 0.902. The van der Waals surface area contributed by atoms with Crippen LogP contribution in [0.1, 0.15) is 19.8 Å². The van der Waals surface area contributed by atoms with Gasteiger partial charge in [0.15, 0.2) is 0 Å². The van der Waals surface area contributed by atoms with Gasteiger partial charge in [-0.05, 0) is 44.0 Å². The molecule has 0 radical (unpaired) electrons. The van der Waals surface area contributed by atoms with Crippen LogP contribution in [-0.2, 0) is 0 Å². The average Bonchev–Trinajstić information content (AvgIpc) is 2.48. The molecule has 1 aliphatic heterocycles. The van der Waals surface area contributed by atoms with Crippen LogP contribution in [0.5, 0.6) is 0 Å². The third-order valence-corrected chi connectivity index (χ3v) is 5.33. The average molecular weight is 308 g/mol. The number of nitrogens with zero attached hydrogens (tertiary/aromatic N) is 2. The monoisotopic (exact) mass is 307 g/mol. The molecule has 3 nitrogen and oxygen atoms in total. The maximum Gasteiger partial charge on any atom is 0.0639 e. The van der Waals surface area contributed by atoms with Crippen LogP contribution >= 0.6 is 11.6 Å². The summed E-state index contributed by atoms with van der Waals surface area (Å²) in [5.74, 6) is 0.858. The summed E-state index contributed by atoms with van der Waals surface area (Å²) in [6.45, 7) is 8.98. The van der Waals surface area contributed by atoms with Crippen molar-refractivity contribution in [2.75, 3.05) is 44.2 Å². The van der Waals surface area contributed by atoms with E-state index in [-0.39, 0.29) is 0 Å². The van der Waals surface area contributed by atoms with Crippen LogP contribution in [-0.4, -0.2) is 50.2 Å². The zero-order valence-electron chi connectivity index (χ0n) is 12.9. The molecular weight excluding hydrogens is 282 g/mol. The number of hydrogen-bond acceptors (Lipinski definition) is 3. The molecule has 4 heteroatoms. The fraction of sp³-hybridized carbons (Fsp3) is 0.647. The summed E-state index contributed by atoms with van der Waals surface area (Å²) in [4.78, 5) is 5.12. The van der Waals surface area contributed by atoms with Crippen LogP contribution in [0.3, 0.4) is 0 Å². The molecule has 2 aliphatic rings. The van der Waals surface area contributed by atoms with Crippen LogP contribution in [0, 0.1) is 5.92 Å². The van der Waals surface area contributed by atoms with Gasteiger partial charge in [0, 0.05) is 32.2 Å². The minimum Gasteiger partial charge on any atom is -0.368 e. The van der Waals surface area contributed by atoms with Crippen molar-refractivity contribution >= 4 is 17.3 Å². The van der Waals surface area contributed by atoms with Gasteiger partial charge in [0.25, 0.3) is 0 Å². The molecule has 1 aromatic rings. The lowest BCUT2D eigenvalue weighted by atomic mass is 9.78. The molecular formula is C17H26ClN3. The zero-order chi connectivity index (χ0) is 14.7. The third-order valence-electron chi connectivity index (χ3n) is 5.01. The van der Waals surface area contributed by atoms with Crippen molar-refractivity contribution in [3.8, 4) is 0 Å². The Kier molecular flexibility index (Phi) is 5.04. The van der Waals surface area contributed by atoms with Crippen molar-refractivity contribution in [2.24, 2.45) is 5.92 Å². The first-order valence-corrected chi connectivity index (χ1v) is 8.61. The summed E-state index contributed by atoms with van der Waals surface area (Å²) < 4.78 is 0. The Morgan fingerprint density at radius 3 is 2.52 bits per heavy atom. The lowest BCUT2D eigenvalue weighted by Gasteiger charge is -2.48. The van der Waals surface area contributed by atoms with Gasteiger partial charge in [-0.15, -0.1) is 0 Å². The molecule has 2 atom stereocenters. The second kappa shape index (κ2) is 6.99. The molecule has 0 amide bonds. The molecule has 21 heavy (non-hydrogen) atoms. The first-order valence-electron chi connectivity index (χ1n) is 8.24. The maximum atomic E-state index is 6.31. The molecule has 3 rings (SSSR count). The minimum absolute atomic E-state index is 0.803. The summed E-state index contributed by atoms with van der Waals surface area (Å²) in [6, 6.07) is 9.00. The Morgan fingerprint density at radius 2 is 1.90 bits per heavy atom. The minimum atomic E-state index is 0.803. The summed E-state index contributed by atoms with van der Waals surface area (Å²) in [5, 5.41) is 4.38. The number of anilines is 1. The SMILES string of the molecule is CCNCC1CCC1N1CCN(c2ccccc2Cl)CC1. The van der Waals surface area contributed by atoms with Crippen LogP contribution in [0.4, 0.5) is 5.69 Å². The topological polar surface area (TPSA) is 18.5 Å². The van der Waals surface area contributed by atoms with E-state index in [4.69, 9.17) is 11.6 Å². The van der Waals surface area contributed by atoms with Crippen LogP contribution in [0.2, 0.25) is 5.02 Å². The predicted octanol–water partition coefficient (Wildman–Crippen LogP) is 2.85. The molecule has 1 N–H and O–H groups in total. The van der Waals surface area contributed by atoms with Gasteiger partial charge < -0.3 is 10.2 Å². The number of benzene rings is 1. The standard InChI is InChI=1S/C17H26ClN3/c1-2-19-13-14-7-8-16(14)20-9-11-21(12-10-20)17-6-4-3-5-15(17)18/h3-6,14,16,19H,2,7-13H2,1H3. The summed E-state index contributed by atoms with van der Waals surface area (Å²) >= 11 is 6.31. The smallest absolute Gasteiger partial charge is 0.0639 e. The van der Waals surface area contributed by atoms with Crippen molar-refractivity contribution in [3.63, 3.8) is 0 Å². The molecule has 1 saturated carbocycles. The molecule has 0 spiro atoms. The molecule has 2 fully saturated rings. The fourth-order valence-corrected chi connectivity index (χ4v) is 3.86. The molecule has 0 bridgehead atoms. The van der Waals surface area contributed by atoms with Crippen molar-refractivity contribution in [1.29, 1.82) is 0 Å². The van der Waals surface area contributed by atoms with Gasteiger partial charge in [-0.3, -0.25) is 4.90 Å². The van der Waals surface area contributed by atoms with E-state index in [9.17, 15) is 0 Å². The normalized spacial score (nSPS) is 26.7. The number of piperazine rings is 1. The Labute approximate surface area is 133 Å². The van der Waals surface area contributed by atoms with Gasteiger partial charge >= 0.3 is 0 Å². The van der Waals surface area contributed by atoms with Gasteiger partial charge in [-0.2, -0.15) is 0 Å². The molecule has 2 unspecified atom stereocenters. The number of halogens is 1. The van der Waals surface area contributed by atoms with Crippen molar-refractivity contribution < 1.29 is 0 Å². The van der Waals surface area contributed by atoms with Crippen molar-refractivity contribution in [3.05, 3.63) is 29.3 Å². The number of hydrogen-bond donors (Lipinski definition) is 1. The Morgan fingerprint density at radius 1 is 1.14 bits per heavy atom. The first-order chi connectivity index (χ1) is 10.3. The Bertz CT molecular complexity index is 457. The van der Waals surface area contributed by atoms with Gasteiger partial charge in [0.05, 0.1) is 10.7 Å². The molecule has 1 saturated heterocycles. The molecule has 116 valence electrons. The van der Waals surface area contributed by atoms with Crippen molar-refractivity contribution in [2.45, 2.75) is 25.8 Å². The second-order valence-electron chi connectivity index (χ2n) is 6.19. The number of nitrogens with one attached hydrogen (secondary N) is 1.